The lowest BCUT2D eigenvalue weighted by Gasteiger charge is -2.34. The highest BCUT2D eigenvalue weighted by molar-refractivity contribution is 6.78. The van der Waals surface area contributed by atoms with Crippen LogP contribution in [0.25, 0.3) is 0 Å². The molecule has 1 aromatic carbocycles. The summed E-state index contributed by atoms with van der Waals surface area (Å²) >= 11 is 0. The second-order valence-electron chi connectivity index (χ2n) is 5.12. The van der Waals surface area contributed by atoms with Crippen molar-refractivity contribution in [3.63, 3.8) is 0 Å². The number of ether oxygens (including phenoxy) is 2. The molecule has 0 N–H and O–H groups in total. The van der Waals surface area contributed by atoms with Crippen LogP contribution in [0.15, 0.2) is 24.3 Å². The summed E-state index contributed by atoms with van der Waals surface area (Å²) in [6.07, 6.45) is -4.54. The van der Waals surface area contributed by atoms with Crippen LogP contribution in [0.5, 0.6) is 11.5 Å². The number of alkyl halides is 4. The number of benzene rings is 1. The Balaban J connectivity index is 2.95. The smallest absolute Gasteiger partial charge is 0.459 e. The summed E-state index contributed by atoms with van der Waals surface area (Å²) in [5.41, 5.74) is -4.17. The van der Waals surface area contributed by atoms with Gasteiger partial charge in [0.05, 0.1) is 7.11 Å². The van der Waals surface area contributed by atoms with E-state index in [4.69, 9.17) is 4.74 Å². The van der Waals surface area contributed by atoms with Gasteiger partial charge in [-0.05, 0) is 24.3 Å². The molecule has 0 heterocycles. The standard InChI is InChI=1S/C12H16F4O2Si/c1-17-9-5-7-10(8-6-9)18-11(13,14)12(15,16)19(2,3)4/h5-8H,1-4H3. The van der Waals surface area contributed by atoms with E-state index in [0.717, 1.165) is 31.8 Å². The van der Waals surface area contributed by atoms with Gasteiger partial charge in [0.2, 0.25) is 0 Å². The second-order valence-corrected chi connectivity index (χ2v) is 10.2. The Labute approximate surface area is 110 Å². The van der Waals surface area contributed by atoms with Crippen molar-refractivity contribution in [2.75, 3.05) is 7.11 Å². The van der Waals surface area contributed by atoms with E-state index in [2.05, 4.69) is 4.74 Å². The van der Waals surface area contributed by atoms with E-state index >= 15 is 0 Å². The molecule has 0 aromatic heterocycles. The van der Waals surface area contributed by atoms with E-state index in [1.165, 1.54) is 19.2 Å². The molecule has 0 saturated heterocycles. The molecule has 0 unspecified atom stereocenters. The lowest BCUT2D eigenvalue weighted by atomic mass is 10.3. The van der Waals surface area contributed by atoms with Crippen LogP contribution >= 0.6 is 0 Å². The van der Waals surface area contributed by atoms with E-state index in [-0.39, 0.29) is 5.75 Å². The van der Waals surface area contributed by atoms with Gasteiger partial charge < -0.3 is 9.47 Å². The molecule has 0 aliphatic rings. The highest BCUT2D eigenvalue weighted by atomic mass is 28.3. The van der Waals surface area contributed by atoms with Gasteiger partial charge in [-0.3, -0.25) is 0 Å². The third kappa shape index (κ3) is 3.20. The van der Waals surface area contributed by atoms with Gasteiger partial charge in [0.15, 0.2) is 0 Å². The van der Waals surface area contributed by atoms with Crippen molar-refractivity contribution in [1.29, 1.82) is 0 Å². The zero-order valence-corrected chi connectivity index (χ0v) is 12.1. The Hall–Kier alpha value is -1.24. The number of halogens is 4. The molecule has 0 atom stereocenters. The summed E-state index contributed by atoms with van der Waals surface area (Å²) in [4.78, 5) is 0. The average molecular weight is 296 g/mol. The van der Waals surface area contributed by atoms with Crippen molar-refractivity contribution in [3.05, 3.63) is 24.3 Å². The Morgan fingerprint density at radius 3 is 1.68 bits per heavy atom. The molecule has 0 amide bonds. The van der Waals surface area contributed by atoms with Crippen LogP contribution in [0.1, 0.15) is 0 Å². The SMILES string of the molecule is COc1ccc(OC(F)(F)C(F)(F)[Si](C)(C)C)cc1. The molecule has 0 radical (unpaired) electrons. The molecule has 0 saturated carbocycles. The van der Waals surface area contributed by atoms with Crippen LogP contribution in [0.4, 0.5) is 17.6 Å². The first-order chi connectivity index (χ1) is 8.51. The minimum absolute atomic E-state index is 0.330. The summed E-state index contributed by atoms with van der Waals surface area (Å²) in [6.45, 7) is 3.49. The Morgan fingerprint density at radius 2 is 1.32 bits per heavy atom. The molecule has 1 aromatic rings. The van der Waals surface area contributed by atoms with Crippen LogP contribution in [-0.2, 0) is 0 Å². The first-order valence-corrected chi connectivity index (χ1v) is 9.10. The second kappa shape index (κ2) is 5.03. The maximum Gasteiger partial charge on any atom is 0.459 e. The molecule has 0 spiro atoms. The number of hydrogen-bond donors (Lipinski definition) is 0. The minimum atomic E-state index is -4.54. The lowest BCUT2D eigenvalue weighted by Crippen LogP contribution is -2.59. The quantitative estimate of drug-likeness (QED) is 0.599. The summed E-state index contributed by atoms with van der Waals surface area (Å²) < 4.78 is 63.6. The van der Waals surface area contributed by atoms with E-state index in [1.807, 2.05) is 0 Å². The Bertz CT molecular complexity index is 426. The Kier molecular flexibility index (Phi) is 4.19. The fourth-order valence-corrected chi connectivity index (χ4v) is 2.22. The van der Waals surface area contributed by atoms with Crippen molar-refractivity contribution in [3.8, 4) is 11.5 Å². The van der Waals surface area contributed by atoms with Crippen LogP contribution in [0.3, 0.4) is 0 Å². The monoisotopic (exact) mass is 296 g/mol. The van der Waals surface area contributed by atoms with Crippen molar-refractivity contribution < 1.29 is 27.0 Å². The molecule has 108 valence electrons. The maximum atomic E-state index is 13.7. The number of methoxy groups -OCH3 is 1. The molecule has 0 fully saturated rings. The van der Waals surface area contributed by atoms with Crippen LogP contribution in [-0.4, -0.2) is 26.8 Å². The van der Waals surface area contributed by atoms with Gasteiger partial charge in [-0.25, -0.2) is 8.78 Å². The van der Waals surface area contributed by atoms with Gasteiger partial charge in [-0.1, -0.05) is 19.6 Å². The van der Waals surface area contributed by atoms with E-state index < -0.39 is 19.7 Å². The third-order valence-corrected chi connectivity index (χ3v) is 4.79. The summed E-state index contributed by atoms with van der Waals surface area (Å²) in [5, 5.41) is 0. The molecular weight excluding hydrogens is 280 g/mol. The molecule has 0 bridgehead atoms. The predicted octanol–water partition coefficient (Wildman–Crippen LogP) is 4.18. The molecular formula is C12H16F4O2Si. The van der Waals surface area contributed by atoms with Crippen molar-refractivity contribution in [2.45, 2.75) is 31.3 Å². The van der Waals surface area contributed by atoms with Gasteiger partial charge >= 0.3 is 11.7 Å². The maximum absolute atomic E-state index is 13.7. The third-order valence-electron chi connectivity index (χ3n) is 2.61. The fourth-order valence-electron chi connectivity index (χ4n) is 1.29. The zero-order chi connectivity index (χ0) is 14.9. The Morgan fingerprint density at radius 1 is 0.895 bits per heavy atom. The van der Waals surface area contributed by atoms with Crippen molar-refractivity contribution in [2.24, 2.45) is 0 Å². The first-order valence-electron chi connectivity index (χ1n) is 5.60. The molecule has 2 nitrogen and oxygen atoms in total. The minimum Gasteiger partial charge on any atom is -0.497 e. The summed E-state index contributed by atoms with van der Waals surface area (Å²) in [7, 11) is -2.02. The zero-order valence-electron chi connectivity index (χ0n) is 11.1. The largest absolute Gasteiger partial charge is 0.497 e. The van der Waals surface area contributed by atoms with Gasteiger partial charge in [-0.2, -0.15) is 8.78 Å². The molecule has 0 aliphatic carbocycles. The molecule has 0 aliphatic heterocycles. The summed E-state index contributed by atoms with van der Waals surface area (Å²) in [6, 6.07) is 5.04. The van der Waals surface area contributed by atoms with Crippen LogP contribution in [0, 0.1) is 0 Å². The first kappa shape index (κ1) is 15.8. The predicted molar refractivity (Wildman–Crippen MR) is 66.9 cm³/mol. The fraction of sp³-hybridized carbons (Fsp3) is 0.500. The lowest BCUT2D eigenvalue weighted by molar-refractivity contribution is -0.278. The molecule has 1 rings (SSSR count). The number of rotatable bonds is 5. The topological polar surface area (TPSA) is 18.5 Å². The highest BCUT2D eigenvalue weighted by Gasteiger charge is 2.66. The summed E-state index contributed by atoms with van der Waals surface area (Å²) in [5.74, 6) is 0.0938. The van der Waals surface area contributed by atoms with Gasteiger partial charge in [0.25, 0.3) is 0 Å². The molecule has 7 heteroatoms. The van der Waals surface area contributed by atoms with Gasteiger partial charge in [0, 0.05) is 0 Å². The van der Waals surface area contributed by atoms with Crippen molar-refractivity contribution >= 4 is 8.07 Å². The number of hydrogen-bond acceptors (Lipinski definition) is 2. The van der Waals surface area contributed by atoms with Gasteiger partial charge in [0.1, 0.15) is 19.6 Å². The van der Waals surface area contributed by atoms with Gasteiger partial charge in [-0.15, -0.1) is 0 Å². The van der Waals surface area contributed by atoms with Crippen molar-refractivity contribution in [1.82, 2.24) is 0 Å². The van der Waals surface area contributed by atoms with Crippen LogP contribution < -0.4 is 9.47 Å². The average Bonchev–Trinajstić information content (AvgIpc) is 2.28. The highest BCUT2D eigenvalue weighted by Crippen LogP contribution is 2.42. The van der Waals surface area contributed by atoms with Crippen LogP contribution in [0.2, 0.25) is 19.6 Å². The normalized spacial score (nSPS) is 13.3. The van der Waals surface area contributed by atoms with E-state index in [0.29, 0.717) is 5.75 Å². The van der Waals surface area contributed by atoms with E-state index in [9.17, 15) is 17.6 Å². The molecule has 19 heavy (non-hydrogen) atoms. The van der Waals surface area contributed by atoms with E-state index in [1.54, 1.807) is 0 Å².